The SMILES string of the molecule is CC(CCCN)(CCCN)CCCN.[GeH4]. The van der Waals surface area contributed by atoms with Gasteiger partial charge >= 0.3 is 17.6 Å². The fraction of sp³-hybridized carbons (Fsp3) is 1.00. The third-order valence-electron chi connectivity index (χ3n) is 2.95. The summed E-state index contributed by atoms with van der Waals surface area (Å²) in [7, 11) is 0. The maximum absolute atomic E-state index is 5.54. The van der Waals surface area contributed by atoms with Crippen molar-refractivity contribution in [2.75, 3.05) is 19.6 Å². The van der Waals surface area contributed by atoms with Crippen LogP contribution in [0.1, 0.15) is 45.4 Å². The fourth-order valence-electron chi connectivity index (χ4n) is 1.96. The van der Waals surface area contributed by atoms with E-state index in [1.807, 2.05) is 0 Å². The topological polar surface area (TPSA) is 78.1 Å². The first-order valence-electron chi connectivity index (χ1n) is 5.79. The van der Waals surface area contributed by atoms with Crippen LogP contribution >= 0.6 is 0 Å². The molecule has 0 unspecified atom stereocenters. The Morgan fingerprint density at radius 3 is 1.20 bits per heavy atom. The molecule has 0 aromatic carbocycles. The Kier molecular flexibility index (Phi) is 13.0. The van der Waals surface area contributed by atoms with Crippen LogP contribution in [-0.4, -0.2) is 37.2 Å². The van der Waals surface area contributed by atoms with Crippen molar-refractivity contribution in [2.45, 2.75) is 45.4 Å². The molecule has 0 saturated carbocycles. The van der Waals surface area contributed by atoms with Crippen LogP contribution in [0.2, 0.25) is 0 Å². The van der Waals surface area contributed by atoms with Gasteiger partial charge in [-0.1, -0.05) is 6.92 Å². The summed E-state index contributed by atoms with van der Waals surface area (Å²) in [6.07, 6.45) is 6.99. The molecule has 94 valence electrons. The van der Waals surface area contributed by atoms with E-state index in [4.69, 9.17) is 17.2 Å². The molecule has 0 bridgehead atoms. The van der Waals surface area contributed by atoms with Gasteiger partial charge in [-0.25, -0.2) is 0 Å². The Bertz CT molecular complexity index is 109. The number of nitrogens with two attached hydrogens (primary N) is 3. The van der Waals surface area contributed by atoms with Gasteiger partial charge in [0.05, 0.1) is 0 Å². The van der Waals surface area contributed by atoms with Crippen LogP contribution in [-0.2, 0) is 0 Å². The summed E-state index contributed by atoms with van der Waals surface area (Å²) in [5, 5.41) is 0. The molecule has 0 rings (SSSR count). The summed E-state index contributed by atoms with van der Waals surface area (Å²) >= 11 is 0. The van der Waals surface area contributed by atoms with E-state index in [1.54, 1.807) is 0 Å². The standard InChI is InChI=1S/C11H27N3.GeH4/c1-11(5-2-8-12,6-3-9-13)7-4-10-14;/h2-10,12-14H2,1H3;1H4. The van der Waals surface area contributed by atoms with Gasteiger partial charge in [0.2, 0.25) is 0 Å². The minimum absolute atomic E-state index is 0. The Balaban J connectivity index is 0. The molecule has 4 heteroatoms. The second kappa shape index (κ2) is 10.9. The predicted octanol–water partition coefficient (Wildman–Crippen LogP) is -0.242. The molecule has 0 saturated heterocycles. The number of hydrogen-bond acceptors (Lipinski definition) is 3. The minimum atomic E-state index is 0. The average molecular weight is 278 g/mol. The van der Waals surface area contributed by atoms with Gasteiger partial charge in [-0.3, -0.25) is 0 Å². The second-order valence-electron chi connectivity index (χ2n) is 4.49. The Morgan fingerprint density at radius 2 is 1.00 bits per heavy atom. The van der Waals surface area contributed by atoms with Gasteiger partial charge in [0, 0.05) is 0 Å². The van der Waals surface area contributed by atoms with Crippen LogP contribution in [0.4, 0.5) is 0 Å². The van der Waals surface area contributed by atoms with Crippen molar-refractivity contribution in [1.29, 1.82) is 0 Å². The molecule has 0 atom stereocenters. The van der Waals surface area contributed by atoms with Gasteiger partial charge in [-0.05, 0) is 63.6 Å². The van der Waals surface area contributed by atoms with Crippen LogP contribution in [0.5, 0.6) is 0 Å². The van der Waals surface area contributed by atoms with Crippen molar-refractivity contribution in [1.82, 2.24) is 0 Å². The first-order valence-corrected chi connectivity index (χ1v) is 5.79. The van der Waals surface area contributed by atoms with Gasteiger partial charge in [0.25, 0.3) is 0 Å². The number of rotatable bonds is 9. The van der Waals surface area contributed by atoms with E-state index in [0.29, 0.717) is 5.41 Å². The van der Waals surface area contributed by atoms with Crippen molar-refractivity contribution in [2.24, 2.45) is 22.6 Å². The molecule has 0 heterocycles. The predicted molar refractivity (Wildman–Crippen MR) is 74.3 cm³/mol. The molecule has 3 nitrogen and oxygen atoms in total. The Morgan fingerprint density at radius 1 is 0.733 bits per heavy atom. The zero-order valence-electron chi connectivity index (χ0n) is 9.60. The summed E-state index contributed by atoms with van der Waals surface area (Å²) in [6, 6.07) is 0. The second-order valence-corrected chi connectivity index (χ2v) is 4.49. The molecule has 0 aromatic rings. The van der Waals surface area contributed by atoms with Gasteiger partial charge in [-0.15, -0.1) is 0 Å². The van der Waals surface area contributed by atoms with Crippen LogP contribution in [0.25, 0.3) is 0 Å². The van der Waals surface area contributed by atoms with Gasteiger partial charge in [0.15, 0.2) is 0 Å². The summed E-state index contributed by atoms with van der Waals surface area (Å²) in [4.78, 5) is 0. The molecule has 0 aliphatic heterocycles. The molecule has 0 amide bonds. The van der Waals surface area contributed by atoms with Crippen LogP contribution < -0.4 is 17.2 Å². The molecule has 0 spiro atoms. The van der Waals surface area contributed by atoms with Crippen LogP contribution in [0, 0.1) is 5.41 Å². The van der Waals surface area contributed by atoms with Crippen molar-refractivity contribution in [3.8, 4) is 0 Å². The normalized spacial score (nSPS) is 11.2. The van der Waals surface area contributed by atoms with Gasteiger partial charge in [0.1, 0.15) is 0 Å². The van der Waals surface area contributed by atoms with Crippen LogP contribution in [0.3, 0.4) is 0 Å². The Hall–Kier alpha value is 0.423. The van der Waals surface area contributed by atoms with Crippen molar-refractivity contribution < 1.29 is 0 Å². The maximum atomic E-state index is 5.54. The molecular weight excluding hydrogens is 247 g/mol. The monoisotopic (exact) mass is 279 g/mol. The van der Waals surface area contributed by atoms with E-state index in [9.17, 15) is 0 Å². The summed E-state index contributed by atoms with van der Waals surface area (Å²) in [5.41, 5.74) is 17.0. The third kappa shape index (κ3) is 9.36. The van der Waals surface area contributed by atoms with E-state index < -0.39 is 0 Å². The summed E-state index contributed by atoms with van der Waals surface area (Å²) < 4.78 is 0. The first kappa shape index (κ1) is 17.8. The van der Waals surface area contributed by atoms with Gasteiger partial charge < -0.3 is 17.2 Å². The molecule has 0 radical (unpaired) electrons. The summed E-state index contributed by atoms with van der Waals surface area (Å²) in [5.74, 6) is 0. The molecule has 0 aliphatic carbocycles. The molecule has 0 aromatic heterocycles. The van der Waals surface area contributed by atoms with Gasteiger partial charge in [-0.2, -0.15) is 0 Å². The van der Waals surface area contributed by atoms with E-state index in [-0.39, 0.29) is 17.6 Å². The first-order chi connectivity index (χ1) is 6.68. The Labute approximate surface area is 106 Å². The quantitative estimate of drug-likeness (QED) is 0.509. The molecule has 15 heavy (non-hydrogen) atoms. The molecule has 0 aliphatic rings. The van der Waals surface area contributed by atoms with E-state index in [0.717, 1.165) is 38.9 Å². The zero-order valence-corrected chi connectivity index (χ0v) is 9.60. The van der Waals surface area contributed by atoms with E-state index in [2.05, 4.69) is 6.92 Å². The molecular formula is C11H31GeN3. The van der Waals surface area contributed by atoms with Crippen molar-refractivity contribution in [3.05, 3.63) is 0 Å². The zero-order chi connectivity index (χ0) is 10.9. The average Bonchev–Trinajstić information content (AvgIpc) is 2.21. The van der Waals surface area contributed by atoms with Crippen molar-refractivity contribution >= 4 is 17.6 Å². The summed E-state index contributed by atoms with van der Waals surface area (Å²) in [6.45, 7) is 4.72. The molecule has 0 fully saturated rings. The molecule has 6 N–H and O–H groups in total. The van der Waals surface area contributed by atoms with Crippen molar-refractivity contribution in [3.63, 3.8) is 0 Å². The van der Waals surface area contributed by atoms with E-state index in [1.165, 1.54) is 19.3 Å². The number of hydrogen-bond donors (Lipinski definition) is 3. The fourth-order valence-corrected chi connectivity index (χ4v) is 1.96. The van der Waals surface area contributed by atoms with E-state index >= 15 is 0 Å². The third-order valence-corrected chi connectivity index (χ3v) is 2.95. The van der Waals surface area contributed by atoms with Crippen LogP contribution in [0.15, 0.2) is 0 Å².